The van der Waals surface area contributed by atoms with E-state index in [0.717, 1.165) is 5.56 Å². The van der Waals surface area contributed by atoms with Crippen LogP contribution in [0.2, 0.25) is 0 Å². The number of nitrogens with zero attached hydrogens (tertiary/aromatic N) is 4. The number of ketones is 1. The van der Waals surface area contributed by atoms with Gasteiger partial charge < -0.3 is 19.9 Å². The number of aryl methyl sites for hydroxylation is 1. The Morgan fingerprint density at radius 1 is 1.30 bits per heavy atom. The fourth-order valence-corrected chi connectivity index (χ4v) is 3.15. The van der Waals surface area contributed by atoms with Gasteiger partial charge in [0.05, 0.1) is 18.4 Å². The fourth-order valence-electron chi connectivity index (χ4n) is 3.15. The molecule has 0 atom stereocenters. The first-order valence-electron chi connectivity index (χ1n) is 8.71. The standard InChI is InChI=1S/C18H20N6O3/c1-19-16-7-15-21-13-6-11(9-23(2)18(13)26)10-27-5-3-4-14(25)12-8-20-24(16)17(12)22-15/h6-9,19H,3-5,10H2,1-2H3,(H,21,22). The molecule has 4 heterocycles. The zero-order valence-electron chi connectivity index (χ0n) is 15.2. The maximum Gasteiger partial charge on any atom is 0.274 e. The van der Waals surface area contributed by atoms with Crippen molar-refractivity contribution in [2.24, 2.45) is 7.05 Å². The Labute approximate surface area is 155 Å². The van der Waals surface area contributed by atoms with Gasteiger partial charge in [0.25, 0.3) is 5.56 Å². The smallest absolute Gasteiger partial charge is 0.274 e. The summed E-state index contributed by atoms with van der Waals surface area (Å²) in [7, 11) is 3.46. The van der Waals surface area contributed by atoms with Crippen molar-refractivity contribution < 1.29 is 9.53 Å². The van der Waals surface area contributed by atoms with Crippen LogP contribution in [0.1, 0.15) is 28.8 Å². The highest BCUT2D eigenvalue weighted by atomic mass is 16.5. The van der Waals surface area contributed by atoms with Crippen molar-refractivity contribution in [3.8, 4) is 0 Å². The van der Waals surface area contributed by atoms with Crippen LogP contribution in [0.4, 0.5) is 17.3 Å². The number of rotatable bonds is 1. The third kappa shape index (κ3) is 3.17. The minimum Gasteiger partial charge on any atom is -0.377 e. The Morgan fingerprint density at radius 2 is 2.15 bits per heavy atom. The van der Waals surface area contributed by atoms with Crippen LogP contribution in [0.5, 0.6) is 0 Å². The van der Waals surface area contributed by atoms with E-state index in [2.05, 4.69) is 20.7 Å². The zero-order valence-corrected chi connectivity index (χ0v) is 15.2. The monoisotopic (exact) mass is 368 g/mol. The van der Waals surface area contributed by atoms with Crippen molar-refractivity contribution >= 4 is 28.8 Å². The van der Waals surface area contributed by atoms with Crippen molar-refractivity contribution in [2.45, 2.75) is 19.4 Å². The van der Waals surface area contributed by atoms with Crippen LogP contribution in [0.15, 0.2) is 29.3 Å². The summed E-state index contributed by atoms with van der Waals surface area (Å²) in [6.45, 7) is 0.821. The second-order valence-electron chi connectivity index (χ2n) is 6.45. The van der Waals surface area contributed by atoms with Gasteiger partial charge in [-0.2, -0.15) is 9.61 Å². The molecule has 0 aromatic carbocycles. The molecule has 0 spiro atoms. The maximum atomic E-state index is 12.6. The van der Waals surface area contributed by atoms with Crippen molar-refractivity contribution in [1.29, 1.82) is 0 Å². The number of ether oxygens (including phenoxy) is 1. The Balaban J connectivity index is 1.90. The van der Waals surface area contributed by atoms with Crippen LogP contribution < -0.4 is 16.2 Å². The Bertz CT molecular complexity index is 1080. The molecule has 9 heteroatoms. The fraction of sp³-hybridized carbons (Fsp3) is 0.333. The van der Waals surface area contributed by atoms with E-state index in [9.17, 15) is 9.59 Å². The lowest BCUT2D eigenvalue weighted by atomic mass is 10.1. The molecular formula is C18H20N6O3. The lowest BCUT2D eigenvalue weighted by molar-refractivity contribution is 0.0919. The van der Waals surface area contributed by atoms with E-state index in [1.165, 1.54) is 10.8 Å². The molecule has 1 aliphatic rings. The molecule has 3 aromatic heterocycles. The van der Waals surface area contributed by atoms with E-state index in [0.29, 0.717) is 54.6 Å². The summed E-state index contributed by atoms with van der Waals surface area (Å²) >= 11 is 0. The van der Waals surface area contributed by atoms with Crippen LogP contribution >= 0.6 is 0 Å². The average Bonchev–Trinajstić information content (AvgIpc) is 3.08. The molecule has 3 aromatic rings. The van der Waals surface area contributed by atoms with Gasteiger partial charge >= 0.3 is 0 Å². The molecule has 27 heavy (non-hydrogen) atoms. The van der Waals surface area contributed by atoms with E-state index in [-0.39, 0.29) is 11.3 Å². The van der Waals surface area contributed by atoms with E-state index >= 15 is 0 Å². The molecule has 2 N–H and O–H groups in total. The molecular weight excluding hydrogens is 348 g/mol. The summed E-state index contributed by atoms with van der Waals surface area (Å²) in [5.74, 6) is 1.07. The first-order chi connectivity index (χ1) is 13.1. The highest BCUT2D eigenvalue weighted by Gasteiger charge is 2.18. The van der Waals surface area contributed by atoms with Gasteiger partial charge in [-0.15, -0.1) is 0 Å². The van der Waals surface area contributed by atoms with Crippen molar-refractivity contribution in [3.05, 3.63) is 46.0 Å². The van der Waals surface area contributed by atoms with Crippen molar-refractivity contribution in [3.63, 3.8) is 0 Å². The predicted octanol–water partition coefficient (Wildman–Crippen LogP) is 1.71. The predicted molar refractivity (Wildman–Crippen MR) is 101 cm³/mol. The molecule has 1 aliphatic heterocycles. The van der Waals surface area contributed by atoms with Gasteiger partial charge in [-0.25, -0.2) is 4.98 Å². The quantitative estimate of drug-likeness (QED) is 0.674. The molecule has 0 aliphatic carbocycles. The minimum atomic E-state index is -0.177. The van der Waals surface area contributed by atoms with Crippen LogP contribution in [-0.2, 0) is 18.4 Å². The number of Topliss-reactive ketones (excluding diaryl/α,β-unsaturated/α-hetero) is 1. The third-order valence-electron chi connectivity index (χ3n) is 4.49. The van der Waals surface area contributed by atoms with Crippen LogP contribution in [-0.4, -0.2) is 38.6 Å². The van der Waals surface area contributed by atoms with Gasteiger partial charge in [-0.1, -0.05) is 0 Å². The number of hydrogen-bond donors (Lipinski definition) is 2. The topological polar surface area (TPSA) is 103 Å². The minimum absolute atomic E-state index is 0.0354. The Hall–Kier alpha value is -3.20. The highest BCUT2D eigenvalue weighted by molar-refractivity contribution is 6.01. The van der Waals surface area contributed by atoms with E-state index < -0.39 is 0 Å². The molecule has 0 fully saturated rings. The molecule has 0 saturated carbocycles. The normalized spacial score (nSPS) is 14.8. The third-order valence-corrected chi connectivity index (χ3v) is 4.49. The molecule has 0 amide bonds. The van der Waals surface area contributed by atoms with Gasteiger partial charge in [-0.3, -0.25) is 9.59 Å². The lowest BCUT2D eigenvalue weighted by Gasteiger charge is -2.13. The molecule has 9 nitrogen and oxygen atoms in total. The Kier molecular flexibility index (Phi) is 4.36. The molecule has 140 valence electrons. The lowest BCUT2D eigenvalue weighted by Crippen LogP contribution is -2.21. The first-order valence-corrected chi connectivity index (χ1v) is 8.71. The summed E-state index contributed by atoms with van der Waals surface area (Å²) < 4.78 is 8.75. The summed E-state index contributed by atoms with van der Waals surface area (Å²) in [4.78, 5) is 29.6. The van der Waals surface area contributed by atoms with Gasteiger partial charge in [0, 0.05) is 39.4 Å². The van der Waals surface area contributed by atoms with E-state index in [1.807, 2.05) is 0 Å². The van der Waals surface area contributed by atoms with Crippen LogP contribution in [0.25, 0.3) is 5.65 Å². The SMILES string of the molecule is CNc1cc2nc3c(cnn13)C(=O)CCCOCc1cc(c(=O)n(C)c1)N2. The van der Waals surface area contributed by atoms with Gasteiger partial charge in [0.1, 0.15) is 17.3 Å². The second kappa shape index (κ2) is 6.84. The number of anilines is 3. The van der Waals surface area contributed by atoms with Crippen molar-refractivity contribution in [2.75, 3.05) is 24.3 Å². The number of carbonyl (C=O) groups is 1. The average molecular weight is 368 g/mol. The second-order valence-corrected chi connectivity index (χ2v) is 6.45. The first kappa shape index (κ1) is 17.2. The van der Waals surface area contributed by atoms with Crippen LogP contribution in [0.3, 0.4) is 0 Å². The van der Waals surface area contributed by atoms with Gasteiger partial charge in [0.15, 0.2) is 11.4 Å². The zero-order chi connectivity index (χ0) is 19.0. The van der Waals surface area contributed by atoms with Gasteiger partial charge in [-0.05, 0) is 18.1 Å². The number of hydrogen-bond acceptors (Lipinski definition) is 7. The summed E-state index contributed by atoms with van der Waals surface area (Å²) in [6, 6.07) is 3.50. The molecule has 0 radical (unpaired) electrons. The summed E-state index contributed by atoms with van der Waals surface area (Å²) in [5.41, 5.74) is 1.97. The number of carbonyl (C=O) groups excluding carboxylic acids is 1. The Morgan fingerprint density at radius 3 is 2.96 bits per heavy atom. The largest absolute Gasteiger partial charge is 0.377 e. The van der Waals surface area contributed by atoms with Crippen molar-refractivity contribution in [1.82, 2.24) is 19.2 Å². The molecule has 0 unspecified atom stereocenters. The number of aromatic nitrogens is 4. The summed E-state index contributed by atoms with van der Waals surface area (Å²) in [6.07, 6.45) is 4.23. The van der Waals surface area contributed by atoms with E-state index in [1.54, 1.807) is 36.9 Å². The van der Waals surface area contributed by atoms with Crippen LogP contribution in [0, 0.1) is 0 Å². The maximum absolute atomic E-state index is 12.6. The molecule has 4 rings (SSSR count). The number of fused-ring (bicyclic) bond motifs is 3. The molecule has 0 saturated heterocycles. The number of nitrogens with one attached hydrogen (secondary N) is 2. The number of pyridine rings is 1. The summed E-state index contributed by atoms with van der Waals surface area (Å²) in [5, 5.41) is 10.4. The molecule has 4 bridgehead atoms. The van der Waals surface area contributed by atoms with Gasteiger partial charge in [0.2, 0.25) is 0 Å². The highest BCUT2D eigenvalue weighted by Crippen LogP contribution is 2.22. The van der Waals surface area contributed by atoms with E-state index in [4.69, 9.17) is 4.74 Å².